The molecule has 3 unspecified atom stereocenters. The number of Topliss-reactive ketones (excluding diaryl/α,β-unsaturated/α-hetero) is 1. The molecule has 0 aromatic heterocycles. The Hall–Kier alpha value is -1.32. The Labute approximate surface area is 198 Å². The zero-order valence-corrected chi connectivity index (χ0v) is 20.2. The van der Waals surface area contributed by atoms with Crippen molar-refractivity contribution in [3.8, 4) is 0 Å². The second-order valence-corrected chi connectivity index (χ2v) is 10.3. The van der Waals surface area contributed by atoms with Crippen LogP contribution in [0.1, 0.15) is 37.3 Å². The number of carbonyl (C=O) groups excluding carboxylic acids is 1. The number of aliphatic hydroxyl groups excluding tert-OH is 2. The van der Waals surface area contributed by atoms with E-state index in [0.717, 1.165) is 42.1 Å². The lowest BCUT2D eigenvalue weighted by atomic mass is 10.0. The maximum atomic E-state index is 12.3. The van der Waals surface area contributed by atoms with Crippen molar-refractivity contribution in [2.24, 2.45) is 5.92 Å². The first-order valence-corrected chi connectivity index (χ1v) is 13.2. The quantitative estimate of drug-likeness (QED) is 0.258. The fourth-order valence-electron chi connectivity index (χ4n) is 3.59. The Bertz CT molecular complexity index is 754. The first-order valence-electron chi connectivity index (χ1n) is 11.0. The van der Waals surface area contributed by atoms with Gasteiger partial charge in [-0.05, 0) is 35.5 Å². The summed E-state index contributed by atoms with van der Waals surface area (Å²) in [5.41, 5.74) is 2.08. The van der Waals surface area contributed by atoms with Crippen molar-refractivity contribution in [3.63, 3.8) is 0 Å². The van der Waals surface area contributed by atoms with Crippen LogP contribution in [0.2, 0.25) is 0 Å². The van der Waals surface area contributed by atoms with Crippen molar-refractivity contribution in [2.75, 3.05) is 23.9 Å². The highest BCUT2D eigenvalue weighted by atomic mass is 32.2. The van der Waals surface area contributed by atoms with E-state index in [9.17, 15) is 19.8 Å². The number of carboxylic acids is 1. The molecule has 0 spiro atoms. The normalized spacial score (nSPS) is 22.0. The van der Waals surface area contributed by atoms with E-state index in [1.54, 1.807) is 12.2 Å². The number of rotatable bonds is 15. The van der Waals surface area contributed by atoms with Crippen molar-refractivity contribution in [1.82, 2.24) is 0 Å². The van der Waals surface area contributed by atoms with Gasteiger partial charge in [-0.2, -0.15) is 11.8 Å². The van der Waals surface area contributed by atoms with Gasteiger partial charge in [0.1, 0.15) is 5.78 Å². The monoisotopic (exact) mass is 482 g/mol. The molecule has 8 heteroatoms. The highest BCUT2D eigenvalue weighted by molar-refractivity contribution is 8.01. The molecule has 0 saturated heterocycles. The van der Waals surface area contributed by atoms with E-state index in [-0.39, 0.29) is 29.1 Å². The Kier molecular flexibility index (Phi) is 12.4. The summed E-state index contributed by atoms with van der Waals surface area (Å²) in [4.78, 5) is 22.9. The lowest BCUT2D eigenvalue weighted by molar-refractivity contribution is -0.133. The number of aliphatic carboxylic acids is 1. The predicted molar refractivity (Wildman–Crippen MR) is 130 cm³/mol. The van der Waals surface area contributed by atoms with E-state index >= 15 is 0 Å². The molecule has 1 aliphatic carbocycles. The van der Waals surface area contributed by atoms with Crippen LogP contribution in [0.15, 0.2) is 36.4 Å². The Balaban J connectivity index is 1.84. The minimum atomic E-state index is -0.822. The molecule has 0 amide bonds. The van der Waals surface area contributed by atoms with E-state index in [0.29, 0.717) is 13.0 Å². The summed E-state index contributed by atoms with van der Waals surface area (Å²) >= 11 is 2.88. The maximum Gasteiger partial charge on any atom is 0.313 e. The average molecular weight is 483 g/mol. The van der Waals surface area contributed by atoms with Gasteiger partial charge in [-0.15, -0.1) is 11.8 Å². The number of thioether (sulfide) groups is 2. The predicted octanol–water partition coefficient (Wildman–Crippen LogP) is 3.33. The van der Waals surface area contributed by atoms with E-state index in [1.165, 1.54) is 23.5 Å². The second-order valence-electron chi connectivity index (χ2n) is 7.94. The molecule has 1 saturated carbocycles. The molecule has 1 aromatic rings. The standard InChI is InChI=1S/C24H34O6S2/c1-2-9-30-15-18-6-3-5-17(12-18)13-19(25)7-8-20-21(26)14-22(27)24(20)32-11-4-10-31-16-23(28)29/h3,5-8,12,19-21,24-26H,2,4,9-11,13-16H2,1H3,(H,28,29)/t19?,20-,21?,24?/m0/s1. The number of ether oxygens (including phenoxy) is 1. The molecule has 4 atom stereocenters. The Morgan fingerprint density at radius 2 is 2.09 bits per heavy atom. The maximum absolute atomic E-state index is 12.3. The zero-order valence-electron chi connectivity index (χ0n) is 18.5. The van der Waals surface area contributed by atoms with Crippen LogP contribution in [0.3, 0.4) is 0 Å². The van der Waals surface area contributed by atoms with Crippen molar-refractivity contribution in [2.45, 2.75) is 56.7 Å². The molecule has 2 rings (SSSR count). The van der Waals surface area contributed by atoms with Gasteiger partial charge >= 0.3 is 5.97 Å². The molecular weight excluding hydrogens is 448 g/mol. The van der Waals surface area contributed by atoms with Crippen LogP contribution in [0, 0.1) is 5.92 Å². The van der Waals surface area contributed by atoms with Gasteiger partial charge in [0, 0.05) is 25.4 Å². The summed E-state index contributed by atoms with van der Waals surface area (Å²) < 4.78 is 5.58. The molecule has 0 radical (unpaired) electrons. The fraction of sp³-hybridized carbons (Fsp3) is 0.583. The summed E-state index contributed by atoms with van der Waals surface area (Å²) in [6, 6.07) is 7.96. The second kappa shape index (κ2) is 14.8. The summed E-state index contributed by atoms with van der Waals surface area (Å²) in [6.07, 6.45) is 4.39. The third-order valence-corrected chi connectivity index (χ3v) is 7.58. The van der Waals surface area contributed by atoms with Crippen LogP contribution in [-0.4, -0.2) is 68.4 Å². The van der Waals surface area contributed by atoms with Crippen LogP contribution in [0.25, 0.3) is 0 Å². The summed E-state index contributed by atoms with van der Waals surface area (Å²) in [6.45, 7) is 3.34. The number of carboxylic acid groups (broad SMARTS) is 1. The SMILES string of the molecule is CCCOCc1cccc(CC(O)C=C[C@H]2C(O)CC(=O)C2SCCCSCC(=O)O)c1. The van der Waals surface area contributed by atoms with Gasteiger partial charge in [0.25, 0.3) is 0 Å². The molecule has 178 valence electrons. The molecular formula is C24H34O6S2. The molecule has 32 heavy (non-hydrogen) atoms. The summed E-state index contributed by atoms with van der Waals surface area (Å²) in [7, 11) is 0. The van der Waals surface area contributed by atoms with E-state index in [4.69, 9.17) is 9.84 Å². The molecule has 0 aliphatic heterocycles. The van der Waals surface area contributed by atoms with Crippen LogP contribution in [0.4, 0.5) is 0 Å². The van der Waals surface area contributed by atoms with E-state index in [2.05, 4.69) is 6.92 Å². The van der Waals surface area contributed by atoms with Crippen molar-refractivity contribution >= 4 is 35.3 Å². The smallest absolute Gasteiger partial charge is 0.313 e. The number of benzene rings is 1. The van der Waals surface area contributed by atoms with Gasteiger partial charge in [0.05, 0.1) is 29.8 Å². The van der Waals surface area contributed by atoms with Crippen LogP contribution < -0.4 is 0 Å². The Morgan fingerprint density at radius 1 is 1.31 bits per heavy atom. The third-order valence-electron chi connectivity index (χ3n) is 5.09. The molecule has 0 heterocycles. The van der Waals surface area contributed by atoms with Crippen LogP contribution in [0.5, 0.6) is 0 Å². The van der Waals surface area contributed by atoms with Gasteiger partial charge in [-0.25, -0.2) is 0 Å². The number of hydrogen-bond acceptors (Lipinski definition) is 7. The van der Waals surface area contributed by atoms with Gasteiger partial charge in [-0.3, -0.25) is 9.59 Å². The molecule has 6 nitrogen and oxygen atoms in total. The fourth-order valence-corrected chi connectivity index (χ4v) is 5.78. The van der Waals surface area contributed by atoms with Gasteiger partial charge < -0.3 is 20.1 Å². The van der Waals surface area contributed by atoms with E-state index < -0.39 is 18.2 Å². The molecule has 1 aromatic carbocycles. The summed E-state index contributed by atoms with van der Waals surface area (Å²) in [5.74, 6) is 0.438. The number of hydrogen-bond donors (Lipinski definition) is 3. The average Bonchev–Trinajstić information content (AvgIpc) is 3.01. The Morgan fingerprint density at radius 3 is 2.84 bits per heavy atom. The van der Waals surface area contributed by atoms with Crippen molar-refractivity contribution < 1.29 is 29.6 Å². The van der Waals surface area contributed by atoms with Crippen LogP contribution >= 0.6 is 23.5 Å². The lowest BCUT2D eigenvalue weighted by Gasteiger charge is -2.17. The molecule has 1 aliphatic rings. The number of ketones is 1. The number of carbonyl (C=O) groups is 2. The third kappa shape index (κ3) is 9.67. The minimum absolute atomic E-state index is 0.0320. The molecule has 0 bridgehead atoms. The largest absolute Gasteiger partial charge is 0.481 e. The van der Waals surface area contributed by atoms with Crippen molar-refractivity contribution in [1.29, 1.82) is 0 Å². The summed E-state index contributed by atoms with van der Waals surface area (Å²) in [5, 5.41) is 29.1. The van der Waals surface area contributed by atoms with Gasteiger partial charge in [-0.1, -0.05) is 43.3 Å². The van der Waals surface area contributed by atoms with Gasteiger partial charge in [0.15, 0.2) is 0 Å². The topological polar surface area (TPSA) is 104 Å². The lowest BCUT2D eigenvalue weighted by Crippen LogP contribution is -2.22. The molecule has 3 N–H and O–H groups in total. The number of aliphatic hydroxyl groups is 2. The van der Waals surface area contributed by atoms with Gasteiger partial charge in [0.2, 0.25) is 0 Å². The molecule has 1 fully saturated rings. The van der Waals surface area contributed by atoms with Crippen LogP contribution in [-0.2, 0) is 27.4 Å². The first-order chi connectivity index (χ1) is 15.4. The highest BCUT2D eigenvalue weighted by Crippen LogP contribution is 2.34. The zero-order chi connectivity index (χ0) is 23.3. The first kappa shape index (κ1) is 26.9. The van der Waals surface area contributed by atoms with E-state index in [1.807, 2.05) is 24.3 Å². The minimum Gasteiger partial charge on any atom is -0.481 e. The highest BCUT2D eigenvalue weighted by Gasteiger charge is 2.40. The van der Waals surface area contributed by atoms with Crippen molar-refractivity contribution in [3.05, 3.63) is 47.5 Å².